The van der Waals surface area contributed by atoms with E-state index in [9.17, 15) is 0 Å². The van der Waals surface area contributed by atoms with Crippen molar-refractivity contribution in [1.29, 1.82) is 0 Å². The van der Waals surface area contributed by atoms with Crippen LogP contribution in [0.1, 0.15) is 6.92 Å². The molecule has 1 N–H and O–H groups in total. The Bertz CT molecular complexity index is 76.0. The van der Waals surface area contributed by atoms with Gasteiger partial charge in [-0.3, -0.25) is 0 Å². The van der Waals surface area contributed by atoms with E-state index >= 15 is 0 Å². The van der Waals surface area contributed by atoms with Gasteiger partial charge in [-0.05, 0) is 14.0 Å². The highest BCUT2D eigenvalue weighted by Crippen LogP contribution is 1.86. The normalized spacial score (nSPS) is 14.1. The Morgan fingerprint density at radius 3 is 2.60 bits per heavy atom. The number of hydrogen-bond acceptors (Lipinski definition) is 3. The summed E-state index contributed by atoms with van der Waals surface area (Å²) in [6, 6.07) is 0. The summed E-state index contributed by atoms with van der Waals surface area (Å²) in [5.41, 5.74) is 0. The molecule has 3 heteroatoms. The van der Waals surface area contributed by atoms with Gasteiger partial charge < -0.3 is 14.7 Å². The second kappa shape index (κ2) is 5.65. The van der Waals surface area contributed by atoms with Gasteiger partial charge in [-0.15, -0.1) is 0 Å². The summed E-state index contributed by atoms with van der Waals surface area (Å²) >= 11 is 0. The first-order valence-electron chi connectivity index (χ1n) is 3.52. The van der Waals surface area contributed by atoms with Crippen LogP contribution in [0.25, 0.3) is 0 Å². The topological polar surface area (TPSA) is 32.7 Å². The molecule has 0 aliphatic heterocycles. The predicted molar refractivity (Wildman–Crippen MR) is 41.1 cm³/mol. The molecule has 62 valence electrons. The highest BCUT2D eigenvalue weighted by atomic mass is 16.5. The zero-order valence-corrected chi connectivity index (χ0v) is 7.00. The molecule has 0 bridgehead atoms. The molecular weight excluding hydrogens is 130 g/mol. The zero-order chi connectivity index (χ0) is 7.98. The smallest absolute Gasteiger partial charge is 0.0638 e. The number of methoxy groups -OCH3 is 1. The van der Waals surface area contributed by atoms with Gasteiger partial charge in [0.05, 0.1) is 12.7 Å². The Labute approximate surface area is 62.6 Å². The van der Waals surface area contributed by atoms with Crippen LogP contribution in [0.15, 0.2) is 0 Å². The summed E-state index contributed by atoms with van der Waals surface area (Å²) in [6.45, 7) is 4.09. The fraction of sp³-hybridized carbons (Fsp3) is 1.00. The summed E-state index contributed by atoms with van der Waals surface area (Å²) in [5.74, 6) is 0. The van der Waals surface area contributed by atoms with Gasteiger partial charge in [0.25, 0.3) is 0 Å². The van der Waals surface area contributed by atoms with Crippen molar-refractivity contribution in [1.82, 2.24) is 4.90 Å². The number of hydrogen-bond donors (Lipinski definition) is 1. The Morgan fingerprint density at radius 1 is 1.60 bits per heavy atom. The van der Waals surface area contributed by atoms with Crippen molar-refractivity contribution in [2.75, 3.05) is 33.9 Å². The third-order valence-corrected chi connectivity index (χ3v) is 1.25. The summed E-state index contributed by atoms with van der Waals surface area (Å²) in [7, 11) is 3.64. The van der Waals surface area contributed by atoms with Gasteiger partial charge in [-0.1, -0.05) is 0 Å². The van der Waals surface area contributed by atoms with Gasteiger partial charge in [0.2, 0.25) is 0 Å². The van der Waals surface area contributed by atoms with E-state index in [2.05, 4.69) is 0 Å². The minimum Gasteiger partial charge on any atom is -0.392 e. The number of rotatable bonds is 5. The van der Waals surface area contributed by atoms with E-state index in [-0.39, 0.29) is 6.10 Å². The molecule has 0 radical (unpaired) electrons. The lowest BCUT2D eigenvalue weighted by Gasteiger charge is -2.17. The van der Waals surface area contributed by atoms with E-state index in [1.54, 1.807) is 14.0 Å². The van der Waals surface area contributed by atoms with E-state index in [1.165, 1.54) is 0 Å². The molecule has 3 nitrogen and oxygen atoms in total. The molecule has 1 unspecified atom stereocenters. The molecule has 0 rings (SSSR count). The van der Waals surface area contributed by atoms with E-state index in [1.807, 2.05) is 11.9 Å². The third kappa shape index (κ3) is 6.01. The van der Waals surface area contributed by atoms with Crippen LogP contribution in [0.5, 0.6) is 0 Å². The molecule has 0 fully saturated rings. The molecule has 1 atom stereocenters. The lowest BCUT2D eigenvalue weighted by atomic mass is 10.4. The average Bonchev–Trinajstić information content (AvgIpc) is 1.82. The first-order valence-corrected chi connectivity index (χ1v) is 3.52. The third-order valence-electron chi connectivity index (χ3n) is 1.25. The maximum atomic E-state index is 8.94. The highest BCUT2D eigenvalue weighted by molar-refractivity contribution is 4.54. The summed E-state index contributed by atoms with van der Waals surface area (Å²) in [6.07, 6.45) is -0.248. The fourth-order valence-electron chi connectivity index (χ4n) is 0.789. The minimum atomic E-state index is -0.248. The van der Waals surface area contributed by atoms with Crippen LogP contribution >= 0.6 is 0 Å². The first-order chi connectivity index (χ1) is 4.66. The maximum Gasteiger partial charge on any atom is 0.0638 e. The quantitative estimate of drug-likeness (QED) is 0.591. The van der Waals surface area contributed by atoms with E-state index in [0.29, 0.717) is 6.54 Å². The van der Waals surface area contributed by atoms with Crippen molar-refractivity contribution < 1.29 is 9.84 Å². The number of aliphatic hydroxyl groups is 1. The van der Waals surface area contributed by atoms with Crippen LogP contribution in [-0.2, 0) is 4.74 Å². The molecule has 0 amide bonds. The average molecular weight is 147 g/mol. The molecule has 0 spiro atoms. The lowest BCUT2D eigenvalue weighted by Crippen LogP contribution is -2.29. The maximum absolute atomic E-state index is 8.94. The standard InChI is InChI=1S/C7H17NO2/c1-7(9)6-8(2)4-5-10-3/h7,9H,4-6H2,1-3H3. The Hall–Kier alpha value is -0.120. The van der Waals surface area contributed by atoms with Crippen molar-refractivity contribution in [2.45, 2.75) is 13.0 Å². The minimum absolute atomic E-state index is 0.248. The number of nitrogens with zero attached hydrogens (tertiary/aromatic N) is 1. The molecule has 0 aromatic carbocycles. The van der Waals surface area contributed by atoms with Crippen LogP contribution in [0.3, 0.4) is 0 Å². The van der Waals surface area contributed by atoms with Crippen molar-refractivity contribution in [3.63, 3.8) is 0 Å². The molecule has 0 saturated heterocycles. The van der Waals surface area contributed by atoms with Crippen molar-refractivity contribution in [2.24, 2.45) is 0 Å². The SMILES string of the molecule is COCCN(C)CC(C)O. The van der Waals surface area contributed by atoms with Gasteiger partial charge in [0.1, 0.15) is 0 Å². The molecule has 0 aliphatic carbocycles. The van der Waals surface area contributed by atoms with Crippen molar-refractivity contribution in [3.05, 3.63) is 0 Å². The lowest BCUT2D eigenvalue weighted by molar-refractivity contribution is 0.113. The molecule has 0 saturated carbocycles. The number of likely N-dealkylation sites (N-methyl/N-ethyl adjacent to an activating group) is 1. The number of ether oxygens (including phenoxy) is 1. The zero-order valence-electron chi connectivity index (χ0n) is 7.00. The van der Waals surface area contributed by atoms with Crippen LogP contribution in [-0.4, -0.2) is 50.0 Å². The molecule has 0 aliphatic rings. The first kappa shape index (κ1) is 9.88. The molecule has 0 aromatic heterocycles. The molecule has 10 heavy (non-hydrogen) atoms. The van der Waals surface area contributed by atoms with Gasteiger partial charge in [0, 0.05) is 20.2 Å². The van der Waals surface area contributed by atoms with Crippen LogP contribution in [0, 0.1) is 0 Å². The van der Waals surface area contributed by atoms with Gasteiger partial charge in [-0.2, -0.15) is 0 Å². The van der Waals surface area contributed by atoms with Crippen LogP contribution < -0.4 is 0 Å². The summed E-state index contributed by atoms with van der Waals surface area (Å²) < 4.78 is 4.87. The monoisotopic (exact) mass is 147 g/mol. The van der Waals surface area contributed by atoms with Crippen molar-refractivity contribution >= 4 is 0 Å². The highest BCUT2D eigenvalue weighted by Gasteiger charge is 2.00. The largest absolute Gasteiger partial charge is 0.392 e. The van der Waals surface area contributed by atoms with E-state index in [0.717, 1.165) is 13.2 Å². The van der Waals surface area contributed by atoms with Gasteiger partial charge in [-0.25, -0.2) is 0 Å². The van der Waals surface area contributed by atoms with Crippen LogP contribution in [0.4, 0.5) is 0 Å². The Balaban J connectivity index is 3.16. The molecule has 0 heterocycles. The second-order valence-electron chi connectivity index (χ2n) is 2.60. The van der Waals surface area contributed by atoms with Gasteiger partial charge in [0.15, 0.2) is 0 Å². The number of aliphatic hydroxyl groups excluding tert-OH is 1. The van der Waals surface area contributed by atoms with Gasteiger partial charge >= 0.3 is 0 Å². The van der Waals surface area contributed by atoms with Crippen LogP contribution in [0.2, 0.25) is 0 Å². The summed E-state index contributed by atoms with van der Waals surface area (Å²) in [4.78, 5) is 2.04. The fourth-order valence-corrected chi connectivity index (χ4v) is 0.789. The Kier molecular flexibility index (Phi) is 5.58. The summed E-state index contributed by atoms with van der Waals surface area (Å²) in [5, 5.41) is 8.94. The van der Waals surface area contributed by atoms with Crippen molar-refractivity contribution in [3.8, 4) is 0 Å². The van der Waals surface area contributed by atoms with E-state index < -0.39 is 0 Å². The molecule has 0 aromatic rings. The Morgan fingerprint density at radius 2 is 2.20 bits per heavy atom. The predicted octanol–water partition coefficient (Wildman–Crippen LogP) is -0.0546. The molecular formula is C7H17NO2. The van der Waals surface area contributed by atoms with E-state index in [4.69, 9.17) is 9.84 Å². The second-order valence-corrected chi connectivity index (χ2v) is 2.60.